The van der Waals surface area contributed by atoms with Crippen LogP contribution in [0.15, 0.2) is 36.4 Å². The lowest BCUT2D eigenvalue weighted by Gasteiger charge is -2.32. The van der Waals surface area contributed by atoms with Gasteiger partial charge in [-0.1, -0.05) is 17.7 Å². The Morgan fingerprint density at radius 2 is 2.07 bits per heavy atom. The Balaban J connectivity index is 1.48. The summed E-state index contributed by atoms with van der Waals surface area (Å²) in [6.07, 6.45) is -2.93. The summed E-state index contributed by atoms with van der Waals surface area (Å²) in [5.41, 5.74) is 2.03. The number of imidazole rings is 1. The van der Waals surface area contributed by atoms with Crippen molar-refractivity contribution in [3.8, 4) is 0 Å². The number of benzene rings is 2. The van der Waals surface area contributed by atoms with E-state index < -0.39 is 22.8 Å². The molecule has 9 heteroatoms. The molecule has 2 aromatic carbocycles. The van der Waals surface area contributed by atoms with Gasteiger partial charge in [0.2, 0.25) is 0 Å². The van der Waals surface area contributed by atoms with Crippen LogP contribution in [0.4, 0.5) is 23.7 Å². The highest BCUT2D eigenvalue weighted by Crippen LogP contribution is 2.36. The van der Waals surface area contributed by atoms with Crippen LogP contribution >= 0.6 is 11.6 Å². The number of H-pyrrole nitrogens is 1. The Bertz CT molecular complexity index is 1100. The standard InChI is InChI=1S/C21H20ClF3N4O/c1-12-4-7-17-18(9-12)28-19(27-17)13-3-2-8-29(11-13)20(30)26-14-5-6-16(22)15(10-14)21(23,24)25/h4-7,9-10,13H,2-3,8,11H2,1H3,(H,26,30)(H,27,28). The molecule has 3 aromatic rings. The zero-order valence-corrected chi connectivity index (χ0v) is 16.9. The van der Waals surface area contributed by atoms with Gasteiger partial charge in [-0.2, -0.15) is 13.2 Å². The smallest absolute Gasteiger partial charge is 0.342 e. The molecule has 5 nitrogen and oxygen atoms in total. The van der Waals surface area contributed by atoms with Gasteiger partial charge in [0.25, 0.3) is 0 Å². The van der Waals surface area contributed by atoms with Crippen LogP contribution in [0.2, 0.25) is 5.02 Å². The number of aromatic amines is 1. The van der Waals surface area contributed by atoms with Gasteiger partial charge in [0.15, 0.2) is 0 Å². The minimum atomic E-state index is -4.59. The molecular weight excluding hydrogens is 417 g/mol. The molecule has 1 aliphatic rings. The van der Waals surface area contributed by atoms with E-state index in [4.69, 9.17) is 11.6 Å². The molecule has 1 atom stereocenters. The van der Waals surface area contributed by atoms with Gasteiger partial charge >= 0.3 is 12.2 Å². The van der Waals surface area contributed by atoms with Gasteiger partial charge in [-0.25, -0.2) is 9.78 Å². The molecule has 2 N–H and O–H groups in total. The van der Waals surface area contributed by atoms with Gasteiger partial charge in [-0.15, -0.1) is 0 Å². The van der Waals surface area contributed by atoms with Crippen molar-refractivity contribution < 1.29 is 18.0 Å². The summed E-state index contributed by atoms with van der Waals surface area (Å²) in [7, 11) is 0. The first-order valence-corrected chi connectivity index (χ1v) is 9.97. The van der Waals surface area contributed by atoms with Crippen molar-refractivity contribution in [2.24, 2.45) is 0 Å². The number of urea groups is 1. The molecule has 1 saturated heterocycles. The molecule has 0 saturated carbocycles. The summed E-state index contributed by atoms with van der Waals surface area (Å²) >= 11 is 5.64. The minimum Gasteiger partial charge on any atom is -0.342 e. The SMILES string of the molecule is Cc1ccc2nc(C3CCCN(C(=O)Nc4ccc(Cl)c(C(F)(F)F)c4)C3)[nH]c2c1. The number of halogens is 4. The van der Waals surface area contributed by atoms with Crippen LogP contribution in [0, 0.1) is 6.92 Å². The van der Waals surface area contributed by atoms with Gasteiger partial charge in [-0.05, 0) is 55.7 Å². The number of piperidine rings is 1. The number of anilines is 1. The van der Waals surface area contributed by atoms with E-state index in [9.17, 15) is 18.0 Å². The molecule has 0 aliphatic carbocycles. The fourth-order valence-electron chi connectivity index (χ4n) is 3.74. The second-order valence-corrected chi connectivity index (χ2v) is 7.96. The van der Waals surface area contributed by atoms with E-state index in [0.717, 1.165) is 47.4 Å². The number of nitrogens with zero attached hydrogens (tertiary/aromatic N) is 2. The molecule has 1 aromatic heterocycles. The van der Waals surface area contributed by atoms with E-state index in [1.807, 2.05) is 25.1 Å². The predicted molar refractivity (Wildman–Crippen MR) is 110 cm³/mol. The number of rotatable bonds is 2. The number of carbonyl (C=O) groups is 1. The van der Waals surface area contributed by atoms with E-state index in [2.05, 4.69) is 15.3 Å². The number of alkyl halides is 3. The Morgan fingerprint density at radius 3 is 2.83 bits per heavy atom. The van der Waals surface area contributed by atoms with E-state index in [0.29, 0.717) is 13.1 Å². The minimum absolute atomic E-state index is 0.0353. The summed E-state index contributed by atoms with van der Waals surface area (Å²) in [6.45, 7) is 2.97. The molecule has 158 valence electrons. The molecule has 2 amide bonds. The lowest BCUT2D eigenvalue weighted by molar-refractivity contribution is -0.137. The first-order chi connectivity index (χ1) is 14.2. The molecule has 30 heavy (non-hydrogen) atoms. The summed E-state index contributed by atoms with van der Waals surface area (Å²) in [4.78, 5) is 22.3. The second-order valence-electron chi connectivity index (χ2n) is 7.55. The van der Waals surface area contributed by atoms with Gasteiger partial charge in [-0.3, -0.25) is 0 Å². The average Bonchev–Trinajstić information content (AvgIpc) is 3.12. The lowest BCUT2D eigenvalue weighted by atomic mass is 9.97. The third-order valence-electron chi connectivity index (χ3n) is 5.27. The maximum Gasteiger partial charge on any atom is 0.417 e. The Morgan fingerprint density at radius 1 is 1.27 bits per heavy atom. The molecule has 1 unspecified atom stereocenters. The van der Waals surface area contributed by atoms with Crippen molar-refractivity contribution >= 4 is 34.4 Å². The summed E-state index contributed by atoms with van der Waals surface area (Å²) in [5.74, 6) is 0.854. The quantitative estimate of drug-likeness (QED) is 0.521. The second kappa shape index (κ2) is 7.83. The van der Waals surface area contributed by atoms with Gasteiger partial charge in [0.05, 0.1) is 21.6 Å². The molecule has 4 rings (SSSR count). The molecule has 0 radical (unpaired) electrons. The number of nitrogens with one attached hydrogen (secondary N) is 2. The third kappa shape index (κ3) is 4.23. The van der Waals surface area contributed by atoms with E-state index in [1.54, 1.807) is 4.90 Å². The zero-order chi connectivity index (χ0) is 21.5. The Hall–Kier alpha value is -2.74. The first-order valence-electron chi connectivity index (χ1n) is 9.59. The Kier molecular flexibility index (Phi) is 5.36. The maximum absolute atomic E-state index is 13.1. The van der Waals surface area contributed by atoms with Crippen LogP contribution in [0.25, 0.3) is 11.0 Å². The molecule has 0 bridgehead atoms. The molecule has 1 aliphatic heterocycles. The van der Waals surface area contributed by atoms with Crippen LogP contribution < -0.4 is 5.32 Å². The highest BCUT2D eigenvalue weighted by molar-refractivity contribution is 6.31. The van der Waals surface area contributed by atoms with Crippen LogP contribution in [-0.2, 0) is 6.18 Å². The number of likely N-dealkylation sites (tertiary alicyclic amines) is 1. The van der Waals surface area contributed by atoms with Crippen LogP contribution in [0.3, 0.4) is 0 Å². The third-order valence-corrected chi connectivity index (χ3v) is 5.60. The number of carbonyl (C=O) groups excluding carboxylic acids is 1. The normalized spacial score (nSPS) is 17.4. The molecule has 1 fully saturated rings. The topological polar surface area (TPSA) is 61.0 Å². The number of aryl methyl sites for hydroxylation is 1. The summed E-state index contributed by atoms with van der Waals surface area (Å²) in [5, 5.41) is 2.15. The van der Waals surface area contributed by atoms with Crippen LogP contribution in [0.5, 0.6) is 0 Å². The van der Waals surface area contributed by atoms with Gasteiger partial charge in [0, 0.05) is 24.7 Å². The average molecular weight is 437 g/mol. The van der Waals surface area contributed by atoms with Crippen LogP contribution in [0.1, 0.15) is 35.7 Å². The summed E-state index contributed by atoms with van der Waals surface area (Å²) in [6, 6.07) is 8.88. The van der Waals surface area contributed by atoms with Crippen molar-refractivity contribution in [3.05, 3.63) is 58.4 Å². The van der Waals surface area contributed by atoms with Crippen molar-refractivity contribution in [1.82, 2.24) is 14.9 Å². The molecule has 2 heterocycles. The highest BCUT2D eigenvalue weighted by atomic mass is 35.5. The highest BCUT2D eigenvalue weighted by Gasteiger charge is 2.34. The fraction of sp³-hybridized carbons (Fsp3) is 0.333. The van der Waals surface area contributed by atoms with Gasteiger partial charge < -0.3 is 15.2 Å². The van der Waals surface area contributed by atoms with E-state index >= 15 is 0 Å². The van der Waals surface area contributed by atoms with Crippen molar-refractivity contribution in [3.63, 3.8) is 0 Å². The number of amides is 2. The zero-order valence-electron chi connectivity index (χ0n) is 16.2. The van der Waals surface area contributed by atoms with Gasteiger partial charge in [0.1, 0.15) is 5.82 Å². The largest absolute Gasteiger partial charge is 0.417 e. The summed E-state index contributed by atoms with van der Waals surface area (Å²) < 4.78 is 39.2. The number of hydrogen-bond donors (Lipinski definition) is 2. The monoisotopic (exact) mass is 436 g/mol. The van der Waals surface area contributed by atoms with E-state index in [-0.39, 0.29) is 11.6 Å². The predicted octanol–water partition coefficient (Wildman–Crippen LogP) is 5.96. The first kappa shape index (κ1) is 20.5. The van der Waals surface area contributed by atoms with Crippen molar-refractivity contribution in [1.29, 1.82) is 0 Å². The van der Waals surface area contributed by atoms with Crippen LogP contribution in [-0.4, -0.2) is 34.0 Å². The fourth-order valence-corrected chi connectivity index (χ4v) is 3.97. The molecular formula is C21H20ClF3N4O. The molecule has 0 spiro atoms. The Labute approximate surface area is 176 Å². The van der Waals surface area contributed by atoms with E-state index in [1.165, 1.54) is 6.07 Å². The van der Waals surface area contributed by atoms with Crippen molar-refractivity contribution in [2.75, 3.05) is 18.4 Å². The van der Waals surface area contributed by atoms with Crippen molar-refractivity contribution in [2.45, 2.75) is 31.9 Å². The number of fused-ring (bicyclic) bond motifs is 1. The maximum atomic E-state index is 13.1. The lowest BCUT2D eigenvalue weighted by Crippen LogP contribution is -2.41. The number of aromatic nitrogens is 2. The number of hydrogen-bond acceptors (Lipinski definition) is 2.